The summed E-state index contributed by atoms with van der Waals surface area (Å²) in [4.78, 5) is 13.1. The van der Waals surface area contributed by atoms with Crippen molar-refractivity contribution < 1.29 is 69.0 Å². The monoisotopic (exact) mass is 1020 g/mol. The smallest absolute Gasteiger partial charge is 0.306 e. The Kier molecular flexibility index (Phi) is 41.4. The summed E-state index contributed by atoms with van der Waals surface area (Å²) in [5, 5.41) is 72.3. The van der Waals surface area contributed by atoms with E-state index >= 15 is 0 Å². The van der Waals surface area contributed by atoms with Crippen LogP contribution in [0.4, 0.5) is 0 Å². The van der Waals surface area contributed by atoms with Gasteiger partial charge in [-0.05, 0) is 51.4 Å². The number of carbonyl (C=O) groups is 1. The van der Waals surface area contributed by atoms with Crippen LogP contribution in [0.3, 0.4) is 0 Å². The summed E-state index contributed by atoms with van der Waals surface area (Å²) in [6.45, 7) is 3.58. The minimum atomic E-state index is -1.71. The molecular formula is C58H104O14. The number of carbonyl (C=O) groups excluding carboxylic acids is 1. The number of esters is 1. The van der Waals surface area contributed by atoms with E-state index in [1.807, 2.05) is 0 Å². The summed E-state index contributed by atoms with van der Waals surface area (Å²) in [5.41, 5.74) is 0. The average Bonchev–Trinajstić information content (AvgIpc) is 3.38. The number of rotatable bonds is 46. The molecule has 72 heavy (non-hydrogen) atoms. The van der Waals surface area contributed by atoms with Crippen molar-refractivity contribution in [3.05, 3.63) is 48.6 Å². The zero-order valence-corrected chi connectivity index (χ0v) is 44.9. The Labute approximate surface area is 435 Å². The van der Waals surface area contributed by atoms with Crippen LogP contribution in [0.2, 0.25) is 0 Å². The van der Waals surface area contributed by atoms with E-state index < -0.39 is 80.7 Å². The average molecular weight is 1030 g/mol. The van der Waals surface area contributed by atoms with Gasteiger partial charge in [-0.1, -0.05) is 204 Å². The van der Waals surface area contributed by atoms with Crippen molar-refractivity contribution >= 4 is 5.97 Å². The number of unbranched alkanes of at least 4 members (excludes halogenated alkanes) is 24. The second-order valence-corrected chi connectivity index (χ2v) is 20.1. The van der Waals surface area contributed by atoms with Gasteiger partial charge in [-0.25, -0.2) is 0 Å². The highest BCUT2D eigenvalue weighted by Crippen LogP contribution is 2.27. The largest absolute Gasteiger partial charge is 0.457 e. The lowest BCUT2D eigenvalue weighted by Crippen LogP contribution is -2.61. The summed E-state index contributed by atoms with van der Waals surface area (Å²) in [5.74, 6) is -0.378. The van der Waals surface area contributed by atoms with Crippen LogP contribution in [0.5, 0.6) is 0 Å². The molecule has 2 heterocycles. The van der Waals surface area contributed by atoms with Crippen LogP contribution < -0.4 is 0 Å². The molecule has 2 fully saturated rings. The van der Waals surface area contributed by atoms with Crippen LogP contribution in [0, 0.1) is 0 Å². The van der Waals surface area contributed by atoms with Gasteiger partial charge < -0.3 is 64.2 Å². The SMILES string of the molecule is CC/C=C\C/C=C\C/C=C\C/C=C\CCCCCCCCCOCC(COC1OC(COC2OC(CO)C(O)C(O)C2O)C(O)C(O)C1O)OC(=O)CCCCCCCCCCCCCCCCCCCC. The number of ether oxygens (including phenoxy) is 6. The van der Waals surface area contributed by atoms with Gasteiger partial charge in [0.15, 0.2) is 12.6 Å². The predicted molar refractivity (Wildman–Crippen MR) is 284 cm³/mol. The van der Waals surface area contributed by atoms with Gasteiger partial charge in [-0.3, -0.25) is 4.79 Å². The summed E-state index contributed by atoms with van der Waals surface area (Å²) >= 11 is 0. The van der Waals surface area contributed by atoms with Crippen LogP contribution in [-0.4, -0.2) is 142 Å². The molecule has 0 aromatic carbocycles. The second-order valence-electron chi connectivity index (χ2n) is 20.1. The third-order valence-corrected chi connectivity index (χ3v) is 13.6. The van der Waals surface area contributed by atoms with Crippen molar-refractivity contribution in [2.75, 3.05) is 33.0 Å². The molecule has 0 saturated carbocycles. The van der Waals surface area contributed by atoms with Gasteiger partial charge in [0, 0.05) is 13.0 Å². The van der Waals surface area contributed by atoms with Crippen molar-refractivity contribution in [2.45, 2.75) is 280 Å². The van der Waals surface area contributed by atoms with Gasteiger partial charge in [0.1, 0.15) is 54.9 Å². The van der Waals surface area contributed by atoms with E-state index in [2.05, 4.69) is 62.5 Å². The molecule has 0 aromatic rings. The summed E-state index contributed by atoms with van der Waals surface area (Å²) < 4.78 is 34.4. The lowest BCUT2D eigenvalue weighted by Gasteiger charge is -2.42. The maximum absolute atomic E-state index is 13.1. The van der Waals surface area contributed by atoms with E-state index in [1.54, 1.807) is 0 Å². The molecule has 2 saturated heterocycles. The van der Waals surface area contributed by atoms with Gasteiger partial charge >= 0.3 is 5.97 Å². The van der Waals surface area contributed by atoms with Crippen molar-refractivity contribution in [3.63, 3.8) is 0 Å². The molecule has 0 spiro atoms. The van der Waals surface area contributed by atoms with E-state index in [9.17, 15) is 40.5 Å². The Morgan fingerprint density at radius 3 is 1.42 bits per heavy atom. The number of hydrogen-bond acceptors (Lipinski definition) is 14. The van der Waals surface area contributed by atoms with Crippen molar-refractivity contribution in [1.82, 2.24) is 0 Å². The Morgan fingerprint density at radius 1 is 0.472 bits per heavy atom. The molecule has 0 amide bonds. The van der Waals surface area contributed by atoms with Crippen LogP contribution in [0.1, 0.15) is 213 Å². The predicted octanol–water partition coefficient (Wildman–Crippen LogP) is 9.91. The van der Waals surface area contributed by atoms with Crippen LogP contribution in [-0.2, 0) is 33.2 Å². The van der Waals surface area contributed by atoms with Crippen LogP contribution in [0.15, 0.2) is 48.6 Å². The van der Waals surface area contributed by atoms with Crippen molar-refractivity contribution in [1.29, 1.82) is 0 Å². The molecule has 0 radical (unpaired) electrons. The highest BCUT2D eigenvalue weighted by Gasteiger charge is 2.47. The second kappa shape index (κ2) is 45.2. The maximum Gasteiger partial charge on any atom is 0.306 e. The first-order valence-corrected chi connectivity index (χ1v) is 28.7. The molecule has 0 aromatic heterocycles. The molecule has 14 nitrogen and oxygen atoms in total. The molecule has 7 N–H and O–H groups in total. The minimum Gasteiger partial charge on any atom is -0.457 e. The summed E-state index contributed by atoms with van der Waals surface area (Å²) in [6.07, 6.45) is 37.4. The highest BCUT2D eigenvalue weighted by molar-refractivity contribution is 5.69. The van der Waals surface area contributed by atoms with Gasteiger partial charge in [-0.15, -0.1) is 0 Å². The van der Waals surface area contributed by atoms with E-state index in [4.69, 9.17) is 28.4 Å². The molecule has 11 atom stereocenters. The first kappa shape index (κ1) is 66.1. The lowest BCUT2D eigenvalue weighted by atomic mass is 9.98. The van der Waals surface area contributed by atoms with E-state index in [-0.39, 0.29) is 25.6 Å². The molecular weight excluding hydrogens is 921 g/mol. The fourth-order valence-electron chi connectivity index (χ4n) is 8.98. The molecule has 2 aliphatic heterocycles. The standard InChI is InChI=1S/C58H104O14/c1-3-5-7-9-11-13-15-17-19-21-23-24-26-28-30-32-34-36-38-40-42-67-44-47(70-50(60)41-39-37-35-33-31-29-27-25-22-20-18-16-14-12-10-8-6-4-2)45-68-57-56(66)54(64)52(62)49(72-57)46-69-58-55(65)53(63)51(61)48(43-59)71-58/h5,7,11,13,17,19,23-24,47-49,51-59,61-66H,3-4,6,8-10,12,14-16,18,20-22,25-46H2,1-2H3/b7-5-,13-11-,19-17-,24-23-. The molecule has 2 rings (SSSR count). The Bertz CT molecular complexity index is 1370. The van der Waals surface area contributed by atoms with Gasteiger partial charge in [0.05, 0.1) is 26.4 Å². The van der Waals surface area contributed by atoms with Gasteiger partial charge in [0.2, 0.25) is 0 Å². The quantitative estimate of drug-likeness (QED) is 0.0172. The summed E-state index contributed by atoms with van der Waals surface area (Å²) in [6, 6.07) is 0. The molecule has 14 heteroatoms. The topological polar surface area (TPSA) is 214 Å². The molecule has 0 bridgehead atoms. The Balaban J connectivity index is 1.73. The number of aliphatic hydroxyl groups is 7. The first-order chi connectivity index (χ1) is 35.1. The summed E-state index contributed by atoms with van der Waals surface area (Å²) in [7, 11) is 0. The lowest BCUT2D eigenvalue weighted by molar-refractivity contribution is -0.332. The van der Waals surface area contributed by atoms with Gasteiger partial charge in [-0.2, -0.15) is 0 Å². The third-order valence-electron chi connectivity index (χ3n) is 13.6. The van der Waals surface area contributed by atoms with Crippen LogP contribution in [0.25, 0.3) is 0 Å². The Hall–Kier alpha value is -2.05. The minimum absolute atomic E-state index is 0.0554. The van der Waals surface area contributed by atoms with E-state index in [0.717, 1.165) is 70.6 Å². The molecule has 11 unspecified atom stereocenters. The fraction of sp³-hybridized carbons (Fsp3) is 0.845. The first-order valence-electron chi connectivity index (χ1n) is 28.7. The zero-order valence-electron chi connectivity index (χ0n) is 44.9. The highest BCUT2D eigenvalue weighted by atomic mass is 16.7. The van der Waals surface area contributed by atoms with Crippen molar-refractivity contribution in [3.8, 4) is 0 Å². The number of aliphatic hydroxyl groups excluding tert-OH is 7. The molecule has 420 valence electrons. The maximum atomic E-state index is 13.1. The van der Waals surface area contributed by atoms with E-state index in [1.165, 1.54) is 116 Å². The fourth-order valence-corrected chi connectivity index (χ4v) is 8.98. The van der Waals surface area contributed by atoms with Gasteiger partial charge in [0.25, 0.3) is 0 Å². The van der Waals surface area contributed by atoms with Crippen LogP contribution >= 0.6 is 0 Å². The normalized spacial score (nSPS) is 25.5. The number of hydrogen-bond donors (Lipinski definition) is 7. The van der Waals surface area contributed by atoms with E-state index in [0.29, 0.717) is 13.0 Å². The third kappa shape index (κ3) is 31.7. The Morgan fingerprint density at radius 2 is 0.903 bits per heavy atom. The van der Waals surface area contributed by atoms with Crippen molar-refractivity contribution in [2.24, 2.45) is 0 Å². The number of allylic oxidation sites excluding steroid dienone is 8. The zero-order chi connectivity index (χ0) is 52.3. The molecule has 0 aliphatic carbocycles. The molecule has 2 aliphatic rings.